The van der Waals surface area contributed by atoms with Gasteiger partial charge in [-0.2, -0.15) is 0 Å². The molecule has 0 radical (unpaired) electrons. The van der Waals surface area contributed by atoms with E-state index >= 15 is 0 Å². The first-order valence-corrected chi connectivity index (χ1v) is 10.6. The molecule has 0 saturated carbocycles. The molecule has 2 aromatic rings. The average molecular weight is 444 g/mol. The largest absolute Gasteiger partial charge is 0.357 e. The molecule has 8 heteroatoms. The Bertz CT molecular complexity index is 926. The summed E-state index contributed by atoms with van der Waals surface area (Å²) in [6.45, 7) is 5.51. The van der Waals surface area contributed by atoms with Crippen LogP contribution < -0.4 is 16.0 Å². The Hall–Kier alpha value is -3.06. The van der Waals surface area contributed by atoms with Crippen molar-refractivity contribution in [3.8, 4) is 0 Å². The SMILES string of the molecule is CCNC(=NCc1ccc(C(=O)N(C)C)cc1)NCCC(=O)Nc1ccc(C)cc1Cl. The third-order valence-corrected chi connectivity index (χ3v) is 4.73. The standard InChI is InChI=1S/C23H30ClN5O2/c1-5-25-23(27-15-17-7-9-18(10-8-17)22(31)29(3)4)26-13-12-21(30)28-20-11-6-16(2)14-19(20)24/h6-11,14H,5,12-13,15H2,1-4H3,(H,28,30)(H2,25,26,27). The van der Waals surface area contributed by atoms with Crippen LogP contribution >= 0.6 is 11.6 Å². The van der Waals surface area contributed by atoms with Crippen LogP contribution in [-0.4, -0.2) is 49.9 Å². The van der Waals surface area contributed by atoms with E-state index in [2.05, 4.69) is 20.9 Å². The van der Waals surface area contributed by atoms with Crippen molar-refractivity contribution in [3.63, 3.8) is 0 Å². The zero-order valence-electron chi connectivity index (χ0n) is 18.5. The summed E-state index contributed by atoms with van der Waals surface area (Å²) in [4.78, 5) is 30.3. The average Bonchev–Trinajstić information content (AvgIpc) is 2.74. The van der Waals surface area contributed by atoms with E-state index in [1.54, 1.807) is 37.2 Å². The van der Waals surface area contributed by atoms with Crippen molar-refractivity contribution in [2.75, 3.05) is 32.5 Å². The lowest BCUT2D eigenvalue weighted by Gasteiger charge is -2.12. The van der Waals surface area contributed by atoms with Crippen LogP contribution in [0, 0.1) is 6.92 Å². The number of benzene rings is 2. The third kappa shape index (κ3) is 7.94. The van der Waals surface area contributed by atoms with E-state index < -0.39 is 0 Å². The smallest absolute Gasteiger partial charge is 0.253 e. The molecule has 31 heavy (non-hydrogen) atoms. The first kappa shape index (κ1) is 24.2. The highest BCUT2D eigenvalue weighted by Gasteiger charge is 2.08. The second-order valence-electron chi connectivity index (χ2n) is 7.30. The molecule has 0 spiro atoms. The molecule has 2 rings (SSSR count). The number of halogens is 1. The fourth-order valence-corrected chi connectivity index (χ4v) is 3.03. The minimum Gasteiger partial charge on any atom is -0.357 e. The van der Waals surface area contributed by atoms with Gasteiger partial charge in [0.15, 0.2) is 5.96 Å². The first-order valence-electron chi connectivity index (χ1n) is 10.2. The predicted molar refractivity (Wildman–Crippen MR) is 127 cm³/mol. The van der Waals surface area contributed by atoms with Gasteiger partial charge in [0, 0.05) is 39.2 Å². The number of anilines is 1. The van der Waals surface area contributed by atoms with Gasteiger partial charge >= 0.3 is 0 Å². The maximum Gasteiger partial charge on any atom is 0.253 e. The van der Waals surface area contributed by atoms with Crippen molar-refractivity contribution in [3.05, 3.63) is 64.2 Å². The number of rotatable bonds is 8. The van der Waals surface area contributed by atoms with Gasteiger partial charge in [0.1, 0.15) is 0 Å². The molecule has 166 valence electrons. The van der Waals surface area contributed by atoms with Crippen LogP contribution in [-0.2, 0) is 11.3 Å². The van der Waals surface area contributed by atoms with Gasteiger partial charge in [0.25, 0.3) is 5.91 Å². The van der Waals surface area contributed by atoms with E-state index in [0.29, 0.717) is 41.9 Å². The minimum atomic E-state index is -0.129. The third-order valence-electron chi connectivity index (χ3n) is 4.41. The van der Waals surface area contributed by atoms with Crippen LogP contribution in [0.2, 0.25) is 5.02 Å². The summed E-state index contributed by atoms with van der Waals surface area (Å²) in [6.07, 6.45) is 0.274. The van der Waals surface area contributed by atoms with Crippen molar-refractivity contribution >= 4 is 35.1 Å². The topological polar surface area (TPSA) is 85.8 Å². The molecule has 2 aromatic carbocycles. The summed E-state index contributed by atoms with van der Waals surface area (Å²) >= 11 is 6.16. The Balaban J connectivity index is 1.86. The van der Waals surface area contributed by atoms with Gasteiger partial charge in [-0.1, -0.05) is 29.8 Å². The van der Waals surface area contributed by atoms with E-state index in [0.717, 1.165) is 11.1 Å². The van der Waals surface area contributed by atoms with Crippen molar-refractivity contribution in [2.24, 2.45) is 4.99 Å². The van der Waals surface area contributed by atoms with E-state index in [9.17, 15) is 9.59 Å². The lowest BCUT2D eigenvalue weighted by atomic mass is 10.1. The molecule has 0 aliphatic carbocycles. The molecular formula is C23H30ClN5O2. The second-order valence-corrected chi connectivity index (χ2v) is 7.71. The molecule has 0 bridgehead atoms. The second kappa shape index (κ2) is 12.0. The molecule has 0 aliphatic heterocycles. The van der Waals surface area contributed by atoms with Crippen molar-refractivity contribution in [1.29, 1.82) is 0 Å². The number of guanidine groups is 1. The molecule has 0 heterocycles. The quantitative estimate of drug-likeness (QED) is 0.431. The molecule has 0 aliphatic rings. The molecule has 0 fully saturated rings. The summed E-state index contributed by atoms with van der Waals surface area (Å²) in [7, 11) is 3.45. The number of hydrogen-bond acceptors (Lipinski definition) is 3. The van der Waals surface area contributed by atoms with E-state index in [1.807, 2.05) is 38.1 Å². The number of hydrogen-bond donors (Lipinski definition) is 3. The fraction of sp³-hybridized carbons (Fsp3) is 0.348. The lowest BCUT2D eigenvalue weighted by Crippen LogP contribution is -2.38. The molecule has 0 saturated heterocycles. The van der Waals surface area contributed by atoms with Gasteiger partial charge in [-0.25, -0.2) is 4.99 Å². The van der Waals surface area contributed by atoms with Crippen LogP contribution in [0.5, 0.6) is 0 Å². The number of aliphatic imine (C=N–C) groups is 1. The molecule has 0 unspecified atom stereocenters. The first-order chi connectivity index (χ1) is 14.8. The Kier molecular flexibility index (Phi) is 9.34. The molecule has 2 amide bonds. The Morgan fingerprint density at radius 1 is 1.06 bits per heavy atom. The van der Waals surface area contributed by atoms with Crippen LogP contribution in [0.3, 0.4) is 0 Å². The van der Waals surface area contributed by atoms with Gasteiger partial charge in [0.05, 0.1) is 17.3 Å². The Morgan fingerprint density at radius 2 is 1.77 bits per heavy atom. The number of carbonyl (C=O) groups excluding carboxylic acids is 2. The van der Waals surface area contributed by atoms with Crippen LogP contribution in [0.25, 0.3) is 0 Å². The van der Waals surface area contributed by atoms with Gasteiger partial charge in [-0.05, 0) is 49.2 Å². The number of aryl methyl sites for hydroxylation is 1. The summed E-state index contributed by atoms with van der Waals surface area (Å²) in [5.74, 6) is 0.461. The van der Waals surface area contributed by atoms with Gasteiger partial charge < -0.3 is 20.9 Å². The molecule has 7 nitrogen and oxygen atoms in total. The molecule has 3 N–H and O–H groups in total. The molecule has 0 aromatic heterocycles. The van der Waals surface area contributed by atoms with Gasteiger partial charge in [-0.3, -0.25) is 9.59 Å². The summed E-state index contributed by atoms with van der Waals surface area (Å²) < 4.78 is 0. The zero-order valence-corrected chi connectivity index (χ0v) is 19.2. The highest BCUT2D eigenvalue weighted by atomic mass is 35.5. The normalized spacial score (nSPS) is 11.1. The highest BCUT2D eigenvalue weighted by molar-refractivity contribution is 6.33. The number of nitrogens with zero attached hydrogens (tertiary/aromatic N) is 2. The van der Waals surface area contributed by atoms with E-state index in [1.165, 1.54) is 0 Å². The van der Waals surface area contributed by atoms with Crippen molar-refractivity contribution in [2.45, 2.75) is 26.8 Å². The van der Waals surface area contributed by atoms with E-state index in [4.69, 9.17) is 11.6 Å². The number of amides is 2. The summed E-state index contributed by atoms with van der Waals surface area (Å²) in [5, 5.41) is 9.67. The van der Waals surface area contributed by atoms with Crippen LogP contribution in [0.1, 0.15) is 34.8 Å². The fourth-order valence-electron chi connectivity index (χ4n) is 2.75. The summed E-state index contributed by atoms with van der Waals surface area (Å²) in [6, 6.07) is 12.9. The predicted octanol–water partition coefficient (Wildman–Crippen LogP) is 3.43. The summed E-state index contributed by atoms with van der Waals surface area (Å²) in [5.41, 5.74) is 3.27. The number of carbonyl (C=O) groups is 2. The van der Waals surface area contributed by atoms with E-state index in [-0.39, 0.29) is 18.2 Å². The minimum absolute atomic E-state index is 0.0322. The molecule has 0 atom stereocenters. The number of nitrogens with one attached hydrogen (secondary N) is 3. The molecular weight excluding hydrogens is 414 g/mol. The zero-order chi connectivity index (χ0) is 22.8. The van der Waals surface area contributed by atoms with Crippen molar-refractivity contribution < 1.29 is 9.59 Å². The van der Waals surface area contributed by atoms with Crippen LogP contribution in [0.4, 0.5) is 5.69 Å². The highest BCUT2D eigenvalue weighted by Crippen LogP contribution is 2.22. The van der Waals surface area contributed by atoms with Crippen LogP contribution in [0.15, 0.2) is 47.5 Å². The van der Waals surface area contributed by atoms with Gasteiger partial charge in [-0.15, -0.1) is 0 Å². The van der Waals surface area contributed by atoms with Gasteiger partial charge in [0.2, 0.25) is 5.91 Å². The Labute approximate surface area is 188 Å². The van der Waals surface area contributed by atoms with Crippen molar-refractivity contribution in [1.82, 2.24) is 15.5 Å². The maximum absolute atomic E-state index is 12.2. The Morgan fingerprint density at radius 3 is 2.39 bits per heavy atom. The maximum atomic E-state index is 12.2. The lowest BCUT2D eigenvalue weighted by molar-refractivity contribution is -0.116. The monoisotopic (exact) mass is 443 g/mol.